The van der Waals surface area contributed by atoms with E-state index in [-0.39, 0.29) is 0 Å². The molecule has 0 aromatic carbocycles. The van der Waals surface area contributed by atoms with E-state index < -0.39 is 31.2 Å². The molecule has 0 N–H and O–H groups in total. The van der Waals surface area contributed by atoms with Gasteiger partial charge in [0.05, 0.1) is 23.0 Å². The fourth-order valence-electron chi connectivity index (χ4n) is 1.96. The van der Waals surface area contributed by atoms with Gasteiger partial charge in [-0.1, -0.05) is 13.8 Å². The molecule has 0 amide bonds. The van der Waals surface area contributed by atoms with E-state index in [4.69, 9.17) is 8.42 Å². The Bertz CT molecular complexity index is 459. The van der Waals surface area contributed by atoms with Gasteiger partial charge in [0.25, 0.3) is 0 Å². The Morgan fingerprint density at radius 2 is 1.05 bits per heavy atom. The highest BCUT2D eigenvalue weighted by molar-refractivity contribution is 7.91. The van der Waals surface area contributed by atoms with Crippen LogP contribution in [-0.2, 0) is 31.2 Å². The molecule has 2 fully saturated rings. The van der Waals surface area contributed by atoms with Gasteiger partial charge in [-0.15, -0.1) is 0 Å². The van der Waals surface area contributed by atoms with Gasteiger partial charge in [0.15, 0.2) is 19.7 Å². The maximum absolute atomic E-state index is 10.6. The Morgan fingerprint density at radius 3 is 1.11 bits per heavy atom. The first-order valence-corrected chi connectivity index (χ1v) is 10.3. The third-order valence-electron chi connectivity index (χ3n) is 2.92. The van der Waals surface area contributed by atoms with E-state index in [0.29, 0.717) is 34.8 Å². The van der Waals surface area contributed by atoms with Crippen LogP contribution in [0.4, 0.5) is 0 Å². The minimum absolute atomic E-state index is 0.403. The highest BCUT2D eigenvalue weighted by atomic mass is 32.2. The van der Waals surface area contributed by atoms with Crippen LogP contribution in [0.3, 0.4) is 0 Å². The van der Waals surface area contributed by atoms with E-state index in [0.717, 1.165) is 12.8 Å². The van der Waals surface area contributed by atoms with Gasteiger partial charge >= 0.3 is 11.6 Å². The lowest BCUT2D eigenvalue weighted by molar-refractivity contribution is 0.597. The number of hydrogen-bond acceptors (Lipinski definition) is 6. The number of hydrogen-bond donors (Lipinski definition) is 0. The van der Waals surface area contributed by atoms with Crippen LogP contribution in [0.5, 0.6) is 0 Å². The van der Waals surface area contributed by atoms with Crippen molar-refractivity contribution in [3.63, 3.8) is 0 Å². The second-order valence-corrected chi connectivity index (χ2v) is 9.68. The first-order valence-electron chi connectivity index (χ1n) is 5.94. The van der Waals surface area contributed by atoms with Gasteiger partial charge in [-0.2, -0.15) is 8.42 Å². The van der Waals surface area contributed by atoms with Crippen molar-refractivity contribution in [3.05, 3.63) is 0 Å². The Kier molecular flexibility index (Phi) is 7.99. The van der Waals surface area contributed by atoms with Crippen molar-refractivity contribution in [1.82, 2.24) is 0 Å². The molecule has 0 bridgehead atoms. The van der Waals surface area contributed by atoms with Gasteiger partial charge < -0.3 is 0 Å². The minimum Gasteiger partial charge on any atom is -0.229 e. The smallest absolute Gasteiger partial charge is 0.229 e. The van der Waals surface area contributed by atoms with Gasteiger partial charge in [0.1, 0.15) is 0 Å². The van der Waals surface area contributed by atoms with Crippen LogP contribution in [0.25, 0.3) is 0 Å². The van der Waals surface area contributed by atoms with Gasteiger partial charge in [-0.25, -0.2) is 16.8 Å². The Hall–Kier alpha value is -0.280. The molecule has 0 aliphatic carbocycles. The third-order valence-corrected chi connectivity index (χ3v) is 6.79. The van der Waals surface area contributed by atoms with Crippen molar-refractivity contribution in [2.24, 2.45) is 11.8 Å². The summed E-state index contributed by atoms with van der Waals surface area (Å²) in [5.74, 6) is 2.45. The predicted octanol–water partition coefficient (Wildman–Crippen LogP) is 0.212. The van der Waals surface area contributed by atoms with Crippen LogP contribution < -0.4 is 0 Å². The van der Waals surface area contributed by atoms with Gasteiger partial charge in [-0.3, -0.25) is 0 Å². The van der Waals surface area contributed by atoms with Crippen molar-refractivity contribution in [3.8, 4) is 0 Å². The highest BCUT2D eigenvalue weighted by Gasteiger charge is 2.24. The Balaban J connectivity index is 0.000000284. The van der Waals surface area contributed by atoms with E-state index in [1.165, 1.54) is 0 Å². The summed E-state index contributed by atoms with van der Waals surface area (Å²) >= 11 is -0.750. The summed E-state index contributed by atoms with van der Waals surface area (Å²) in [6.45, 7) is 3.95. The molecule has 2 heterocycles. The summed E-state index contributed by atoms with van der Waals surface area (Å²) in [7, 11) is -5.19. The van der Waals surface area contributed by atoms with Crippen molar-refractivity contribution in [2.75, 3.05) is 23.0 Å². The molecule has 2 unspecified atom stereocenters. The molecule has 0 saturated carbocycles. The largest absolute Gasteiger partial charge is 0.335 e. The maximum atomic E-state index is 10.6. The van der Waals surface area contributed by atoms with Gasteiger partial charge in [0, 0.05) is 0 Å². The van der Waals surface area contributed by atoms with Crippen molar-refractivity contribution < 1.29 is 25.3 Å². The lowest BCUT2D eigenvalue weighted by atomic mass is 10.2. The van der Waals surface area contributed by atoms with Gasteiger partial charge in [-0.05, 0) is 24.7 Å². The molecule has 0 aromatic heterocycles. The Morgan fingerprint density at radius 1 is 0.789 bits per heavy atom. The Labute approximate surface area is 118 Å². The zero-order chi connectivity index (χ0) is 15.1. The first kappa shape index (κ1) is 18.7. The highest BCUT2D eigenvalue weighted by Crippen LogP contribution is 2.16. The molecule has 0 spiro atoms. The normalized spacial score (nSPS) is 30.4. The van der Waals surface area contributed by atoms with Gasteiger partial charge in [0.2, 0.25) is 0 Å². The molecule has 2 rings (SSSR count). The summed E-state index contributed by atoms with van der Waals surface area (Å²) in [4.78, 5) is 0. The monoisotopic (exact) mass is 332 g/mol. The van der Waals surface area contributed by atoms with E-state index in [9.17, 15) is 16.8 Å². The minimum atomic E-state index is -2.60. The summed E-state index contributed by atoms with van der Waals surface area (Å²) in [5.41, 5.74) is 0. The maximum Gasteiger partial charge on any atom is 0.335 e. The summed E-state index contributed by atoms with van der Waals surface area (Å²) < 4.78 is 59.1. The lowest BCUT2D eigenvalue weighted by Gasteiger charge is -1.90. The molecule has 2 saturated heterocycles. The average Bonchev–Trinajstić information content (AvgIpc) is 2.71. The summed E-state index contributed by atoms with van der Waals surface area (Å²) in [5, 5.41) is 0. The lowest BCUT2D eigenvalue weighted by Crippen LogP contribution is -2.01. The van der Waals surface area contributed by atoms with E-state index >= 15 is 0 Å². The first-order chi connectivity index (χ1) is 8.62. The number of rotatable bonds is 0. The van der Waals surface area contributed by atoms with Crippen LogP contribution in [0.1, 0.15) is 26.7 Å². The van der Waals surface area contributed by atoms with Crippen molar-refractivity contribution in [2.45, 2.75) is 26.7 Å². The second kappa shape index (κ2) is 8.11. The molecule has 9 heteroatoms. The van der Waals surface area contributed by atoms with Crippen molar-refractivity contribution >= 4 is 31.2 Å². The second-order valence-electron chi connectivity index (χ2n) is 5.08. The fourth-order valence-corrected chi connectivity index (χ4v) is 5.89. The summed E-state index contributed by atoms with van der Waals surface area (Å²) in [6, 6.07) is 0. The van der Waals surface area contributed by atoms with Crippen LogP contribution in [0.2, 0.25) is 0 Å². The van der Waals surface area contributed by atoms with E-state index in [2.05, 4.69) is 0 Å². The fraction of sp³-hybridized carbons (Fsp3) is 1.00. The third kappa shape index (κ3) is 9.28. The zero-order valence-corrected chi connectivity index (χ0v) is 13.5. The van der Waals surface area contributed by atoms with Crippen LogP contribution >= 0.6 is 0 Å². The molecule has 0 radical (unpaired) electrons. The predicted molar refractivity (Wildman–Crippen MR) is 73.8 cm³/mol. The average molecular weight is 332 g/mol. The van der Waals surface area contributed by atoms with Crippen LogP contribution in [0, 0.1) is 11.8 Å². The quantitative estimate of drug-likeness (QED) is 0.628. The standard InChI is InChI=1S/2C5H10O2S.O2S/c2*1-5-2-3-8(6,7)4-5;1-3-2/h2*5H,2-4H2,1H3;. The van der Waals surface area contributed by atoms with Crippen LogP contribution in [-0.4, -0.2) is 48.3 Å². The summed E-state index contributed by atoms with van der Waals surface area (Å²) in [6.07, 6.45) is 1.73. The molecule has 0 aromatic rings. The topological polar surface area (TPSA) is 102 Å². The molecule has 6 nitrogen and oxygen atoms in total. The SMILES string of the molecule is CC1CCS(=O)(=O)C1.CC1CCS(=O)(=O)C1.O=S=O. The molecule has 2 atom stereocenters. The molecule has 19 heavy (non-hydrogen) atoms. The molecule has 114 valence electrons. The van der Waals surface area contributed by atoms with Crippen molar-refractivity contribution in [1.29, 1.82) is 0 Å². The zero-order valence-electron chi connectivity index (χ0n) is 11.1. The number of sulfone groups is 2. The van der Waals surface area contributed by atoms with E-state index in [1.807, 2.05) is 13.8 Å². The molecular weight excluding hydrogens is 312 g/mol. The molecular formula is C10H20O6S3. The molecule has 2 aliphatic rings. The molecule has 2 aliphatic heterocycles. The van der Waals surface area contributed by atoms with Crippen LogP contribution in [0.15, 0.2) is 0 Å². The van der Waals surface area contributed by atoms with E-state index in [1.54, 1.807) is 0 Å².